The van der Waals surface area contributed by atoms with Gasteiger partial charge < -0.3 is 20.4 Å². The van der Waals surface area contributed by atoms with Crippen molar-refractivity contribution in [2.75, 3.05) is 18.4 Å². The number of nitrogens with zero attached hydrogens (tertiary/aromatic N) is 3. The second kappa shape index (κ2) is 19.3. The van der Waals surface area contributed by atoms with Gasteiger partial charge in [0, 0.05) is 56.5 Å². The number of benzene rings is 6. The van der Waals surface area contributed by atoms with Crippen LogP contribution in [0.4, 0.5) is 10.5 Å². The Kier molecular flexibility index (Phi) is 13.5. The van der Waals surface area contributed by atoms with Crippen molar-refractivity contribution in [1.82, 2.24) is 20.0 Å². The number of piperazine rings is 1. The summed E-state index contributed by atoms with van der Waals surface area (Å²) in [5, 5.41) is 10.7. The Balaban J connectivity index is 1.18. The topological polar surface area (TPSA) is 102 Å². The number of fused-ring (bicyclic) bond motifs is 2. The van der Waals surface area contributed by atoms with Crippen molar-refractivity contribution < 1.29 is 19.2 Å². The van der Waals surface area contributed by atoms with Gasteiger partial charge in [-0.1, -0.05) is 133 Å². The van der Waals surface area contributed by atoms with Crippen LogP contribution in [0.5, 0.6) is 0 Å². The number of anilines is 1. The van der Waals surface area contributed by atoms with Crippen LogP contribution in [-0.4, -0.2) is 63.6 Å². The highest BCUT2D eigenvalue weighted by molar-refractivity contribution is 6.42. The number of carbonyl (C=O) groups is 4. The third-order valence-corrected chi connectivity index (χ3v) is 11.8. The predicted molar refractivity (Wildman–Crippen MR) is 245 cm³/mol. The van der Waals surface area contributed by atoms with Crippen molar-refractivity contribution in [3.8, 4) is 0 Å². The molecule has 0 unspecified atom stereocenters. The summed E-state index contributed by atoms with van der Waals surface area (Å²) in [5.41, 5.74) is 4.48. The molecule has 5 amide bonds. The van der Waals surface area contributed by atoms with Crippen molar-refractivity contribution in [2.45, 2.75) is 51.9 Å². The monoisotopic (exact) mass is 851 g/mol. The number of hydrogen-bond donors (Lipinski definition) is 2. The maximum absolute atomic E-state index is 14.8. The molecule has 2 atom stereocenters. The second-order valence-electron chi connectivity index (χ2n) is 15.1. The fourth-order valence-corrected chi connectivity index (χ4v) is 8.28. The quantitative estimate of drug-likeness (QED) is 0.113. The average molecular weight is 853 g/mol. The normalized spacial score (nSPS) is 15.5. The number of urea groups is 1. The Hall–Kier alpha value is -6.42. The van der Waals surface area contributed by atoms with E-state index >= 15 is 0 Å². The molecule has 1 aliphatic rings. The third kappa shape index (κ3) is 9.80. The summed E-state index contributed by atoms with van der Waals surface area (Å²) in [6.45, 7) is 8.51. The molecule has 1 fully saturated rings. The van der Waals surface area contributed by atoms with Gasteiger partial charge in [-0.05, 0) is 81.1 Å². The maximum Gasteiger partial charge on any atom is 0.321 e. The predicted octanol–water partition coefficient (Wildman–Crippen LogP) is 10.4. The molecule has 9 nitrogen and oxygen atoms in total. The Bertz CT molecular complexity index is 2640. The molecule has 11 heteroatoms. The summed E-state index contributed by atoms with van der Waals surface area (Å²) in [7, 11) is 0. The largest absolute Gasteiger partial charge is 0.334 e. The molecule has 310 valence electrons. The van der Waals surface area contributed by atoms with Gasteiger partial charge in [-0.3, -0.25) is 19.3 Å². The highest BCUT2D eigenvalue weighted by Crippen LogP contribution is 2.30. The van der Waals surface area contributed by atoms with Crippen LogP contribution >= 0.6 is 23.2 Å². The van der Waals surface area contributed by atoms with Crippen molar-refractivity contribution in [3.05, 3.63) is 184 Å². The molecule has 0 bridgehead atoms. The van der Waals surface area contributed by atoms with Crippen LogP contribution in [0.25, 0.3) is 21.5 Å². The third-order valence-electron chi connectivity index (χ3n) is 11.1. The van der Waals surface area contributed by atoms with Gasteiger partial charge in [-0.2, -0.15) is 0 Å². The van der Waals surface area contributed by atoms with Gasteiger partial charge in [-0.15, -0.1) is 6.58 Å². The molecule has 0 radical (unpaired) electrons. The molecule has 0 aliphatic carbocycles. The summed E-state index contributed by atoms with van der Waals surface area (Å²) in [5.74, 6) is -0.580. The summed E-state index contributed by atoms with van der Waals surface area (Å²) in [6.07, 6.45) is 3.78. The summed E-state index contributed by atoms with van der Waals surface area (Å²) in [4.78, 5) is 61.0. The SMILES string of the molecule is C=CCN(/C=C(/C)[C@H]1CN(Cc2cccc3ccccc23)C(=O)[C@H](Cc2ccc(NC(=O)c3cccc4ccccc34)cc2)N1C(=O)CC)C(=O)NCc1ccc(Cl)c(Cl)c1. The summed E-state index contributed by atoms with van der Waals surface area (Å²) >= 11 is 12.3. The zero-order valence-electron chi connectivity index (χ0n) is 34.1. The van der Waals surface area contributed by atoms with Gasteiger partial charge in [0.1, 0.15) is 6.04 Å². The standard InChI is InChI=1S/C50H47Cl2N5O4/c1-4-26-55(50(61)53-29-35-22-25-43(51)44(52)27-35)30-33(3)46-32-56(31-38-16-10-14-36-12-6-8-17-40(36)38)49(60)45(57(46)47(58)5-2)28-34-20-23-39(24-21-34)54-48(59)42-19-11-15-37-13-7-9-18-41(37)42/h4,6-25,27,30,45-46H,1,5,26,28-29,31-32H2,2-3H3,(H,53,61)(H,54,59)/b33-30-/t45-,46+/m0/s1. The fraction of sp³-hybridized carbons (Fsp3) is 0.200. The van der Waals surface area contributed by atoms with Crippen LogP contribution in [0.15, 0.2) is 152 Å². The van der Waals surface area contributed by atoms with E-state index in [2.05, 4.69) is 23.3 Å². The molecule has 6 aromatic carbocycles. The molecule has 0 saturated carbocycles. The Labute approximate surface area is 366 Å². The first-order chi connectivity index (χ1) is 29.5. The van der Waals surface area contributed by atoms with E-state index in [1.165, 1.54) is 4.90 Å². The van der Waals surface area contributed by atoms with Crippen molar-refractivity contribution in [1.29, 1.82) is 0 Å². The lowest BCUT2D eigenvalue weighted by Crippen LogP contribution is -2.64. The molecular formula is C50H47Cl2N5O4. The molecule has 1 saturated heterocycles. The highest BCUT2D eigenvalue weighted by Gasteiger charge is 2.43. The van der Waals surface area contributed by atoms with Gasteiger partial charge in [0.25, 0.3) is 5.91 Å². The van der Waals surface area contributed by atoms with Crippen molar-refractivity contribution in [2.24, 2.45) is 0 Å². The molecule has 1 heterocycles. The van der Waals surface area contributed by atoms with Crippen molar-refractivity contribution in [3.63, 3.8) is 0 Å². The Morgan fingerprint density at radius 3 is 2.18 bits per heavy atom. The van der Waals surface area contributed by atoms with Gasteiger partial charge in [-0.25, -0.2) is 4.79 Å². The molecule has 61 heavy (non-hydrogen) atoms. The van der Waals surface area contributed by atoms with E-state index < -0.39 is 12.1 Å². The number of carbonyl (C=O) groups excluding carboxylic acids is 4. The zero-order valence-corrected chi connectivity index (χ0v) is 35.6. The van der Waals surface area contributed by atoms with E-state index in [0.29, 0.717) is 27.8 Å². The lowest BCUT2D eigenvalue weighted by molar-refractivity contribution is -0.155. The average Bonchev–Trinajstić information content (AvgIpc) is 3.27. The van der Waals surface area contributed by atoms with Crippen LogP contribution in [0.1, 0.15) is 47.3 Å². The summed E-state index contributed by atoms with van der Waals surface area (Å²) in [6, 6.07) is 38.3. The molecule has 0 spiro atoms. The van der Waals surface area contributed by atoms with Gasteiger partial charge in [0.15, 0.2) is 0 Å². The van der Waals surface area contributed by atoms with Crippen LogP contribution < -0.4 is 10.6 Å². The minimum Gasteiger partial charge on any atom is -0.334 e. The molecular weight excluding hydrogens is 805 g/mol. The van der Waals surface area contributed by atoms with E-state index in [1.54, 1.807) is 48.4 Å². The van der Waals surface area contributed by atoms with E-state index in [4.69, 9.17) is 23.2 Å². The first kappa shape index (κ1) is 42.7. The van der Waals surface area contributed by atoms with Crippen LogP contribution in [0.2, 0.25) is 10.0 Å². The first-order valence-electron chi connectivity index (χ1n) is 20.3. The molecule has 1 aliphatic heterocycles. The maximum atomic E-state index is 14.8. The number of rotatable bonds is 13. The van der Waals surface area contributed by atoms with Crippen molar-refractivity contribution >= 4 is 74.2 Å². The van der Waals surface area contributed by atoms with E-state index in [9.17, 15) is 19.2 Å². The minimum atomic E-state index is -0.850. The van der Waals surface area contributed by atoms with E-state index in [-0.39, 0.29) is 56.2 Å². The number of amides is 5. The smallest absolute Gasteiger partial charge is 0.321 e. The van der Waals surface area contributed by atoms with Gasteiger partial charge in [0.2, 0.25) is 11.8 Å². The van der Waals surface area contributed by atoms with E-state index in [1.807, 2.05) is 109 Å². The minimum absolute atomic E-state index is 0.172. The van der Waals surface area contributed by atoms with Gasteiger partial charge >= 0.3 is 6.03 Å². The van der Waals surface area contributed by atoms with Crippen LogP contribution in [0, 0.1) is 0 Å². The zero-order chi connectivity index (χ0) is 43.0. The Morgan fingerprint density at radius 2 is 1.48 bits per heavy atom. The lowest BCUT2D eigenvalue weighted by atomic mass is 9.93. The van der Waals surface area contributed by atoms with Gasteiger partial charge in [0.05, 0.1) is 16.1 Å². The number of halogens is 2. The lowest BCUT2D eigenvalue weighted by Gasteiger charge is -2.47. The second-order valence-corrected chi connectivity index (χ2v) is 16.0. The number of hydrogen-bond acceptors (Lipinski definition) is 4. The Morgan fingerprint density at radius 1 is 0.820 bits per heavy atom. The molecule has 2 N–H and O–H groups in total. The highest BCUT2D eigenvalue weighted by atomic mass is 35.5. The molecule has 0 aromatic heterocycles. The van der Waals surface area contributed by atoms with Crippen LogP contribution in [0.3, 0.4) is 0 Å². The number of nitrogens with one attached hydrogen (secondary N) is 2. The first-order valence-corrected chi connectivity index (χ1v) is 21.0. The molecule has 6 aromatic rings. The summed E-state index contributed by atoms with van der Waals surface area (Å²) < 4.78 is 0. The van der Waals surface area contributed by atoms with Crippen LogP contribution in [-0.2, 0) is 29.1 Å². The molecule has 7 rings (SSSR count). The fourth-order valence-electron chi connectivity index (χ4n) is 7.95. The van der Waals surface area contributed by atoms with E-state index in [0.717, 1.165) is 43.8 Å².